The fourth-order valence-corrected chi connectivity index (χ4v) is 3.81. The molecule has 2 aromatic rings. The van der Waals surface area contributed by atoms with E-state index in [0.717, 1.165) is 37.3 Å². The molecule has 1 heterocycles. The highest BCUT2D eigenvalue weighted by Gasteiger charge is 2.32. The number of hydrogen-bond acceptors (Lipinski definition) is 6. The Morgan fingerprint density at radius 3 is 2.47 bits per heavy atom. The number of anilines is 2. The maximum atomic E-state index is 12.7. The Labute approximate surface area is 182 Å². The Balaban J connectivity index is 1.50. The van der Waals surface area contributed by atoms with E-state index in [9.17, 15) is 13.2 Å². The number of benzene rings is 1. The van der Waals surface area contributed by atoms with Gasteiger partial charge in [0.15, 0.2) is 0 Å². The molecule has 10 heteroatoms. The lowest BCUT2D eigenvalue weighted by molar-refractivity contribution is -0.274. The van der Waals surface area contributed by atoms with Crippen LogP contribution < -0.4 is 20.3 Å². The monoisotopic (exact) mass is 487 g/mol. The highest BCUT2D eigenvalue weighted by molar-refractivity contribution is 9.10. The summed E-state index contributed by atoms with van der Waals surface area (Å²) in [6.07, 6.45) is 0.581. The van der Waals surface area contributed by atoms with Crippen LogP contribution in [0.25, 0.3) is 0 Å². The van der Waals surface area contributed by atoms with Gasteiger partial charge in [-0.25, -0.2) is 9.97 Å². The van der Waals surface area contributed by atoms with Crippen LogP contribution in [0.1, 0.15) is 31.2 Å². The highest BCUT2D eigenvalue weighted by Crippen LogP contribution is 2.30. The number of rotatable bonds is 7. The summed E-state index contributed by atoms with van der Waals surface area (Å²) in [5, 5.41) is 6.83. The van der Waals surface area contributed by atoms with Crippen molar-refractivity contribution in [3.63, 3.8) is 0 Å². The summed E-state index contributed by atoms with van der Waals surface area (Å²) >= 11 is 3.19. The molecule has 0 spiro atoms. The lowest BCUT2D eigenvalue weighted by Crippen LogP contribution is -2.37. The van der Waals surface area contributed by atoms with Gasteiger partial charge in [-0.2, -0.15) is 0 Å². The molecule has 0 radical (unpaired) electrons. The van der Waals surface area contributed by atoms with Crippen LogP contribution >= 0.6 is 15.9 Å². The van der Waals surface area contributed by atoms with E-state index in [2.05, 4.69) is 41.3 Å². The molecule has 0 atom stereocenters. The van der Waals surface area contributed by atoms with Crippen molar-refractivity contribution in [3.05, 3.63) is 40.6 Å². The van der Waals surface area contributed by atoms with Crippen molar-refractivity contribution in [3.8, 4) is 5.75 Å². The standard InChI is InChI=1S/C20H25BrF3N5O/c1-29(2)19-10-18(26-12-27-19)28-16-7-5-15(6-8-16)25-11-13-3-4-14(21)9-17(13)30-20(22,23)24/h3-4,9-10,12,15-16,25H,5-8,11H2,1-2H3,(H,26,27,28). The van der Waals surface area contributed by atoms with Crippen LogP contribution in [0.15, 0.2) is 35.1 Å². The van der Waals surface area contributed by atoms with Crippen molar-refractivity contribution in [2.45, 2.75) is 50.7 Å². The summed E-state index contributed by atoms with van der Waals surface area (Å²) in [4.78, 5) is 10.4. The van der Waals surface area contributed by atoms with Crippen LogP contribution in [0.5, 0.6) is 5.75 Å². The SMILES string of the molecule is CN(C)c1cc(NC2CCC(NCc3ccc(Br)cc3OC(F)(F)F)CC2)ncn1. The van der Waals surface area contributed by atoms with Crippen molar-refractivity contribution in [1.29, 1.82) is 0 Å². The molecule has 30 heavy (non-hydrogen) atoms. The van der Waals surface area contributed by atoms with E-state index in [1.165, 1.54) is 6.07 Å². The van der Waals surface area contributed by atoms with Gasteiger partial charge in [0.05, 0.1) is 0 Å². The van der Waals surface area contributed by atoms with E-state index >= 15 is 0 Å². The summed E-state index contributed by atoms with van der Waals surface area (Å²) < 4.78 is 42.7. The van der Waals surface area contributed by atoms with E-state index in [-0.39, 0.29) is 11.8 Å². The van der Waals surface area contributed by atoms with Gasteiger partial charge in [0.1, 0.15) is 23.7 Å². The van der Waals surface area contributed by atoms with Crippen LogP contribution in [0.2, 0.25) is 0 Å². The molecule has 0 amide bonds. The summed E-state index contributed by atoms with van der Waals surface area (Å²) in [5.74, 6) is 1.46. The molecule has 6 nitrogen and oxygen atoms in total. The molecule has 1 aliphatic carbocycles. The van der Waals surface area contributed by atoms with Crippen molar-refractivity contribution in [2.24, 2.45) is 0 Å². The number of nitrogens with one attached hydrogen (secondary N) is 2. The molecular weight excluding hydrogens is 463 g/mol. The van der Waals surface area contributed by atoms with E-state index in [4.69, 9.17) is 0 Å². The van der Waals surface area contributed by atoms with Crippen LogP contribution in [-0.2, 0) is 6.54 Å². The first-order chi connectivity index (χ1) is 14.2. The fourth-order valence-electron chi connectivity index (χ4n) is 3.47. The first kappa shape index (κ1) is 22.6. The maximum Gasteiger partial charge on any atom is 0.573 e. The van der Waals surface area contributed by atoms with Crippen molar-refractivity contribution < 1.29 is 17.9 Å². The Morgan fingerprint density at radius 2 is 1.80 bits per heavy atom. The lowest BCUT2D eigenvalue weighted by Gasteiger charge is -2.30. The van der Waals surface area contributed by atoms with Gasteiger partial charge in [0.2, 0.25) is 0 Å². The molecule has 1 fully saturated rings. The van der Waals surface area contributed by atoms with Gasteiger partial charge in [-0.1, -0.05) is 22.0 Å². The number of nitrogens with zero attached hydrogens (tertiary/aromatic N) is 3. The largest absolute Gasteiger partial charge is 0.573 e. The van der Waals surface area contributed by atoms with Crippen LogP contribution in [0.3, 0.4) is 0 Å². The van der Waals surface area contributed by atoms with Gasteiger partial charge in [-0.15, -0.1) is 13.2 Å². The quantitative estimate of drug-likeness (QED) is 0.589. The number of hydrogen-bond donors (Lipinski definition) is 2. The summed E-state index contributed by atoms with van der Waals surface area (Å²) in [6.45, 7) is 0.319. The average Bonchev–Trinajstić information content (AvgIpc) is 2.67. The minimum absolute atomic E-state index is 0.180. The molecule has 1 aromatic heterocycles. The summed E-state index contributed by atoms with van der Waals surface area (Å²) in [5.41, 5.74) is 0.480. The number of aromatic nitrogens is 2. The topological polar surface area (TPSA) is 62.3 Å². The first-order valence-electron chi connectivity index (χ1n) is 9.73. The molecule has 1 saturated carbocycles. The lowest BCUT2D eigenvalue weighted by atomic mass is 9.91. The Kier molecular flexibility index (Phi) is 7.41. The van der Waals surface area contributed by atoms with Crippen molar-refractivity contribution in [1.82, 2.24) is 15.3 Å². The molecule has 164 valence electrons. The maximum absolute atomic E-state index is 12.7. The van der Waals surface area contributed by atoms with Gasteiger partial charge in [-0.05, 0) is 37.8 Å². The second kappa shape index (κ2) is 9.82. The van der Waals surface area contributed by atoms with Crippen LogP contribution in [0.4, 0.5) is 24.8 Å². The Morgan fingerprint density at radius 1 is 1.10 bits per heavy atom. The second-order valence-electron chi connectivity index (χ2n) is 7.53. The zero-order chi connectivity index (χ0) is 21.7. The highest BCUT2D eigenvalue weighted by atomic mass is 79.9. The third-order valence-corrected chi connectivity index (χ3v) is 5.52. The van der Waals surface area contributed by atoms with E-state index in [1.54, 1.807) is 18.5 Å². The van der Waals surface area contributed by atoms with E-state index in [1.807, 2.05) is 25.1 Å². The van der Waals surface area contributed by atoms with E-state index in [0.29, 0.717) is 22.6 Å². The molecule has 0 saturated heterocycles. The Bertz CT molecular complexity index is 841. The molecule has 2 N–H and O–H groups in total. The normalized spacial score (nSPS) is 19.4. The van der Waals surface area contributed by atoms with Crippen molar-refractivity contribution >= 4 is 27.6 Å². The molecular formula is C20H25BrF3N5O. The summed E-state index contributed by atoms with van der Waals surface area (Å²) in [7, 11) is 3.86. The number of halogens is 4. The third kappa shape index (κ3) is 6.73. The molecule has 3 rings (SSSR count). The van der Waals surface area contributed by atoms with Gasteiger partial charge < -0.3 is 20.3 Å². The van der Waals surface area contributed by atoms with Gasteiger partial charge in [0, 0.05) is 48.8 Å². The molecule has 0 aliphatic heterocycles. The van der Waals surface area contributed by atoms with Gasteiger partial charge >= 0.3 is 6.36 Å². The number of alkyl halides is 3. The predicted octanol–water partition coefficient (Wildman–Crippen LogP) is 4.72. The Hall–Kier alpha value is -2.07. The molecule has 0 unspecified atom stereocenters. The summed E-state index contributed by atoms with van der Waals surface area (Å²) in [6, 6.07) is 7.17. The minimum atomic E-state index is -4.72. The van der Waals surface area contributed by atoms with Gasteiger partial charge in [-0.3, -0.25) is 0 Å². The second-order valence-corrected chi connectivity index (χ2v) is 8.45. The molecule has 0 bridgehead atoms. The zero-order valence-corrected chi connectivity index (χ0v) is 18.4. The third-order valence-electron chi connectivity index (χ3n) is 5.03. The number of ether oxygens (including phenoxy) is 1. The van der Waals surface area contributed by atoms with E-state index < -0.39 is 6.36 Å². The molecule has 1 aliphatic rings. The van der Waals surface area contributed by atoms with Crippen LogP contribution in [-0.4, -0.2) is 42.5 Å². The minimum Gasteiger partial charge on any atom is -0.405 e. The van der Waals surface area contributed by atoms with Crippen molar-refractivity contribution in [2.75, 3.05) is 24.3 Å². The molecule has 1 aromatic carbocycles. The predicted molar refractivity (Wildman–Crippen MR) is 114 cm³/mol. The average molecular weight is 488 g/mol. The fraction of sp³-hybridized carbons (Fsp3) is 0.500. The zero-order valence-electron chi connectivity index (χ0n) is 16.8. The first-order valence-corrected chi connectivity index (χ1v) is 10.5. The smallest absolute Gasteiger partial charge is 0.405 e. The van der Waals surface area contributed by atoms with Gasteiger partial charge in [0.25, 0.3) is 0 Å². The van der Waals surface area contributed by atoms with Crippen LogP contribution in [0, 0.1) is 0 Å².